The van der Waals surface area contributed by atoms with Crippen LogP contribution in [0.3, 0.4) is 0 Å². The van der Waals surface area contributed by atoms with Gasteiger partial charge in [0.1, 0.15) is 16.6 Å². The molecule has 19 heavy (non-hydrogen) atoms. The Morgan fingerprint density at radius 3 is 2.63 bits per heavy atom. The lowest BCUT2D eigenvalue weighted by Gasteiger charge is -2.19. The summed E-state index contributed by atoms with van der Waals surface area (Å²) in [6.07, 6.45) is 0. The molecule has 0 saturated heterocycles. The van der Waals surface area contributed by atoms with Gasteiger partial charge in [0, 0.05) is 7.05 Å². The standard InChI is InChI=1S/C14H13ClN2O2/c1-17(11-7-3-4-8-12(11)19-2)14(18)10-6-5-9-13(15)16-10/h3-9H,1-2H3. The first-order valence-electron chi connectivity index (χ1n) is 5.67. The number of nitrogens with zero attached hydrogens (tertiary/aromatic N) is 2. The highest BCUT2D eigenvalue weighted by atomic mass is 35.5. The van der Waals surface area contributed by atoms with Crippen molar-refractivity contribution in [3.05, 3.63) is 53.3 Å². The van der Waals surface area contributed by atoms with E-state index in [0.717, 1.165) is 0 Å². The molecule has 0 bridgehead atoms. The van der Waals surface area contributed by atoms with Crippen LogP contribution in [0.4, 0.5) is 5.69 Å². The molecule has 1 heterocycles. The number of para-hydroxylation sites is 2. The van der Waals surface area contributed by atoms with Crippen molar-refractivity contribution < 1.29 is 9.53 Å². The van der Waals surface area contributed by atoms with Crippen LogP contribution < -0.4 is 9.64 Å². The molecule has 2 rings (SSSR count). The first-order chi connectivity index (χ1) is 9.13. The number of benzene rings is 1. The first kappa shape index (κ1) is 13.4. The van der Waals surface area contributed by atoms with Crippen molar-refractivity contribution >= 4 is 23.2 Å². The van der Waals surface area contributed by atoms with E-state index in [1.165, 1.54) is 4.90 Å². The molecule has 0 unspecified atom stereocenters. The predicted molar refractivity (Wildman–Crippen MR) is 75.0 cm³/mol. The van der Waals surface area contributed by atoms with Crippen molar-refractivity contribution in [3.63, 3.8) is 0 Å². The molecule has 0 saturated carbocycles. The van der Waals surface area contributed by atoms with E-state index in [4.69, 9.17) is 16.3 Å². The van der Waals surface area contributed by atoms with E-state index >= 15 is 0 Å². The van der Waals surface area contributed by atoms with Gasteiger partial charge in [0.15, 0.2) is 0 Å². The Bertz CT molecular complexity index is 602. The number of halogens is 1. The van der Waals surface area contributed by atoms with Crippen molar-refractivity contribution in [2.75, 3.05) is 19.1 Å². The van der Waals surface area contributed by atoms with Crippen LogP contribution >= 0.6 is 11.6 Å². The predicted octanol–water partition coefficient (Wildman–Crippen LogP) is 3.02. The third kappa shape index (κ3) is 2.85. The van der Waals surface area contributed by atoms with Crippen molar-refractivity contribution in [2.24, 2.45) is 0 Å². The maximum Gasteiger partial charge on any atom is 0.276 e. The smallest absolute Gasteiger partial charge is 0.276 e. The minimum atomic E-state index is -0.244. The van der Waals surface area contributed by atoms with Gasteiger partial charge in [-0.3, -0.25) is 4.79 Å². The van der Waals surface area contributed by atoms with Gasteiger partial charge in [0.2, 0.25) is 0 Å². The molecule has 0 aliphatic rings. The number of pyridine rings is 1. The maximum absolute atomic E-state index is 12.3. The highest BCUT2D eigenvalue weighted by Gasteiger charge is 2.17. The Balaban J connectivity index is 2.33. The molecule has 1 amide bonds. The third-order valence-corrected chi connectivity index (χ3v) is 2.90. The number of rotatable bonds is 3. The van der Waals surface area contributed by atoms with E-state index in [-0.39, 0.29) is 5.91 Å². The number of anilines is 1. The summed E-state index contributed by atoms with van der Waals surface area (Å²) in [6.45, 7) is 0. The van der Waals surface area contributed by atoms with Crippen LogP contribution in [0.25, 0.3) is 0 Å². The number of methoxy groups -OCH3 is 1. The second-order valence-electron chi connectivity index (χ2n) is 3.88. The van der Waals surface area contributed by atoms with Crippen LogP contribution in [0.15, 0.2) is 42.5 Å². The van der Waals surface area contributed by atoms with Crippen molar-refractivity contribution in [2.45, 2.75) is 0 Å². The largest absolute Gasteiger partial charge is 0.495 e. The molecule has 0 aliphatic heterocycles. The van der Waals surface area contributed by atoms with Crippen LogP contribution in [0.2, 0.25) is 5.15 Å². The van der Waals surface area contributed by atoms with Crippen molar-refractivity contribution in [1.82, 2.24) is 4.98 Å². The van der Waals surface area contributed by atoms with Gasteiger partial charge >= 0.3 is 0 Å². The fraction of sp³-hybridized carbons (Fsp3) is 0.143. The topological polar surface area (TPSA) is 42.4 Å². The highest BCUT2D eigenvalue weighted by Crippen LogP contribution is 2.27. The molecular formula is C14H13ClN2O2. The zero-order valence-electron chi connectivity index (χ0n) is 10.6. The maximum atomic E-state index is 12.3. The fourth-order valence-corrected chi connectivity index (χ4v) is 1.88. The Morgan fingerprint density at radius 1 is 1.21 bits per heavy atom. The van der Waals surface area contributed by atoms with Gasteiger partial charge in [0.05, 0.1) is 12.8 Å². The Morgan fingerprint density at radius 2 is 1.95 bits per heavy atom. The Hall–Kier alpha value is -2.07. The normalized spacial score (nSPS) is 10.1. The van der Waals surface area contributed by atoms with Gasteiger partial charge in [0.25, 0.3) is 5.91 Å². The van der Waals surface area contributed by atoms with E-state index < -0.39 is 0 Å². The van der Waals surface area contributed by atoms with Crippen molar-refractivity contribution in [3.8, 4) is 5.75 Å². The minimum Gasteiger partial charge on any atom is -0.495 e. The number of carbonyl (C=O) groups is 1. The quantitative estimate of drug-likeness (QED) is 0.809. The molecule has 1 aromatic carbocycles. The lowest BCUT2D eigenvalue weighted by molar-refractivity contribution is 0.0987. The fourth-order valence-electron chi connectivity index (χ4n) is 1.72. The van der Waals surface area contributed by atoms with E-state index in [2.05, 4.69) is 4.98 Å². The summed E-state index contributed by atoms with van der Waals surface area (Å²) in [5, 5.41) is 0.291. The SMILES string of the molecule is COc1ccccc1N(C)C(=O)c1cccc(Cl)n1. The van der Waals surface area contributed by atoms with Crippen LogP contribution in [0.1, 0.15) is 10.5 Å². The molecular weight excluding hydrogens is 264 g/mol. The molecule has 0 fully saturated rings. The second kappa shape index (κ2) is 5.71. The molecule has 0 radical (unpaired) electrons. The minimum absolute atomic E-state index is 0.244. The number of carbonyl (C=O) groups excluding carboxylic acids is 1. The average molecular weight is 277 g/mol. The average Bonchev–Trinajstić information content (AvgIpc) is 2.45. The molecule has 1 aromatic heterocycles. The summed E-state index contributed by atoms with van der Waals surface area (Å²) in [5.74, 6) is 0.382. The molecule has 0 spiro atoms. The zero-order chi connectivity index (χ0) is 13.8. The summed E-state index contributed by atoms with van der Waals surface area (Å²) < 4.78 is 5.24. The lowest BCUT2D eigenvalue weighted by Crippen LogP contribution is -2.27. The zero-order valence-corrected chi connectivity index (χ0v) is 11.4. The summed E-state index contributed by atoms with van der Waals surface area (Å²) in [6, 6.07) is 12.2. The molecule has 0 atom stereocenters. The van der Waals surface area contributed by atoms with Gasteiger partial charge in [-0.2, -0.15) is 0 Å². The van der Waals surface area contributed by atoms with Gasteiger partial charge < -0.3 is 9.64 Å². The molecule has 98 valence electrons. The van der Waals surface area contributed by atoms with Crippen LogP contribution in [0.5, 0.6) is 5.75 Å². The van der Waals surface area contributed by atoms with E-state index in [9.17, 15) is 4.79 Å². The molecule has 5 heteroatoms. The second-order valence-corrected chi connectivity index (χ2v) is 4.27. The summed E-state index contributed by atoms with van der Waals surface area (Å²) in [4.78, 5) is 17.8. The van der Waals surface area contributed by atoms with Crippen LogP contribution in [0, 0.1) is 0 Å². The number of amides is 1. The molecule has 0 N–H and O–H groups in total. The lowest BCUT2D eigenvalue weighted by atomic mass is 10.2. The van der Waals surface area contributed by atoms with Crippen LogP contribution in [-0.2, 0) is 0 Å². The van der Waals surface area contributed by atoms with Gasteiger partial charge in [-0.1, -0.05) is 29.8 Å². The van der Waals surface area contributed by atoms with Gasteiger partial charge in [-0.05, 0) is 24.3 Å². The molecule has 4 nitrogen and oxygen atoms in total. The Labute approximate surface area is 116 Å². The monoisotopic (exact) mass is 276 g/mol. The first-order valence-corrected chi connectivity index (χ1v) is 6.05. The highest BCUT2D eigenvalue weighted by molar-refractivity contribution is 6.29. The number of hydrogen-bond acceptors (Lipinski definition) is 3. The number of hydrogen-bond donors (Lipinski definition) is 0. The third-order valence-electron chi connectivity index (χ3n) is 2.69. The molecule has 2 aromatic rings. The van der Waals surface area contributed by atoms with Crippen molar-refractivity contribution in [1.29, 1.82) is 0 Å². The van der Waals surface area contributed by atoms with Gasteiger partial charge in [-0.15, -0.1) is 0 Å². The Kier molecular flexibility index (Phi) is 4.02. The van der Waals surface area contributed by atoms with Crippen LogP contribution in [-0.4, -0.2) is 25.0 Å². The van der Waals surface area contributed by atoms with E-state index in [0.29, 0.717) is 22.3 Å². The summed E-state index contributed by atoms with van der Waals surface area (Å²) in [5.41, 5.74) is 0.970. The number of aromatic nitrogens is 1. The van der Waals surface area contributed by atoms with Gasteiger partial charge in [-0.25, -0.2) is 4.98 Å². The number of ether oxygens (including phenoxy) is 1. The summed E-state index contributed by atoms with van der Waals surface area (Å²) >= 11 is 5.79. The van der Waals surface area contributed by atoms with E-state index in [1.54, 1.807) is 44.5 Å². The summed E-state index contributed by atoms with van der Waals surface area (Å²) in [7, 11) is 3.23. The molecule has 0 aliphatic carbocycles. The van der Waals surface area contributed by atoms with E-state index in [1.807, 2.05) is 12.1 Å².